The fraction of sp³-hybridized carbons (Fsp3) is 0.0952. The summed E-state index contributed by atoms with van der Waals surface area (Å²) in [6.45, 7) is 1.58. The number of nitrogens with zero attached hydrogens (tertiary/aromatic N) is 1. The predicted molar refractivity (Wildman–Crippen MR) is 115 cm³/mol. The Kier molecular flexibility index (Phi) is 6.16. The number of carbonyl (C=O) groups is 1. The Bertz CT molecular complexity index is 1050. The van der Waals surface area contributed by atoms with Crippen molar-refractivity contribution in [2.45, 2.75) is 11.8 Å². The largest absolute Gasteiger partial charge is 0.325 e. The summed E-state index contributed by atoms with van der Waals surface area (Å²) >= 11 is 3.34. The van der Waals surface area contributed by atoms with E-state index in [1.807, 2.05) is 19.1 Å². The Morgan fingerprint density at radius 3 is 2.14 bits per heavy atom. The molecule has 3 aromatic rings. The van der Waals surface area contributed by atoms with Crippen LogP contribution in [0.25, 0.3) is 0 Å². The second-order valence-corrected chi connectivity index (χ2v) is 8.99. The molecule has 5 nitrogen and oxygen atoms in total. The standard InChI is InChI=1S/C21H19BrN2O3S/c1-16-7-13-19(14-8-16)24(28(26,27)20-5-3-2-4-6-20)15-21(25)23-18-11-9-17(22)10-12-18/h2-14H,15H2,1H3,(H,23,25). The first-order chi connectivity index (χ1) is 13.4. The molecule has 3 rings (SSSR count). The van der Waals surface area contributed by atoms with E-state index in [-0.39, 0.29) is 11.4 Å². The molecule has 0 aromatic heterocycles. The quantitative estimate of drug-likeness (QED) is 0.587. The van der Waals surface area contributed by atoms with E-state index >= 15 is 0 Å². The van der Waals surface area contributed by atoms with Crippen molar-refractivity contribution in [1.82, 2.24) is 0 Å². The molecule has 3 aromatic carbocycles. The van der Waals surface area contributed by atoms with E-state index in [0.29, 0.717) is 11.4 Å². The van der Waals surface area contributed by atoms with Gasteiger partial charge in [0, 0.05) is 10.2 Å². The molecule has 0 atom stereocenters. The van der Waals surface area contributed by atoms with Gasteiger partial charge in [0.05, 0.1) is 10.6 Å². The van der Waals surface area contributed by atoms with Gasteiger partial charge in [0.2, 0.25) is 5.91 Å². The highest BCUT2D eigenvalue weighted by Crippen LogP contribution is 2.24. The summed E-state index contributed by atoms with van der Waals surface area (Å²) < 4.78 is 28.4. The van der Waals surface area contributed by atoms with E-state index in [1.165, 1.54) is 12.1 Å². The molecule has 0 saturated carbocycles. The topological polar surface area (TPSA) is 66.5 Å². The van der Waals surface area contributed by atoms with E-state index in [4.69, 9.17) is 0 Å². The third-order valence-electron chi connectivity index (χ3n) is 4.07. The zero-order valence-corrected chi connectivity index (χ0v) is 17.6. The maximum absolute atomic E-state index is 13.2. The molecule has 144 valence electrons. The molecule has 0 spiro atoms. The van der Waals surface area contributed by atoms with E-state index in [1.54, 1.807) is 54.6 Å². The SMILES string of the molecule is Cc1ccc(N(CC(=O)Nc2ccc(Br)cc2)S(=O)(=O)c2ccccc2)cc1. The van der Waals surface area contributed by atoms with Gasteiger partial charge >= 0.3 is 0 Å². The number of rotatable bonds is 6. The number of nitrogens with one attached hydrogen (secondary N) is 1. The zero-order chi connectivity index (χ0) is 20.1. The fourth-order valence-corrected chi connectivity index (χ4v) is 4.32. The number of amides is 1. The average Bonchev–Trinajstić information content (AvgIpc) is 2.69. The van der Waals surface area contributed by atoms with Crippen LogP contribution in [0.2, 0.25) is 0 Å². The summed E-state index contributed by atoms with van der Waals surface area (Å²) in [7, 11) is -3.90. The molecule has 7 heteroatoms. The molecule has 1 amide bonds. The van der Waals surface area contributed by atoms with Crippen LogP contribution in [0.3, 0.4) is 0 Å². The van der Waals surface area contributed by atoms with Crippen LogP contribution >= 0.6 is 15.9 Å². The van der Waals surface area contributed by atoms with Gasteiger partial charge in [-0.25, -0.2) is 8.42 Å². The van der Waals surface area contributed by atoms with Gasteiger partial charge in [0.25, 0.3) is 10.0 Å². The normalized spacial score (nSPS) is 11.1. The lowest BCUT2D eigenvalue weighted by molar-refractivity contribution is -0.114. The number of anilines is 2. The maximum Gasteiger partial charge on any atom is 0.264 e. The first-order valence-electron chi connectivity index (χ1n) is 8.56. The third kappa shape index (κ3) is 4.79. The molecule has 28 heavy (non-hydrogen) atoms. The third-order valence-corrected chi connectivity index (χ3v) is 6.39. The van der Waals surface area contributed by atoms with Gasteiger partial charge in [-0.05, 0) is 55.5 Å². The Morgan fingerprint density at radius 1 is 0.929 bits per heavy atom. The fourth-order valence-electron chi connectivity index (χ4n) is 2.61. The predicted octanol–water partition coefficient (Wildman–Crippen LogP) is 4.59. The highest BCUT2D eigenvalue weighted by molar-refractivity contribution is 9.10. The van der Waals surface area contributed by atoms with Gasteiger partial charge in [-0.3, -0.25) is 9.10 Å². The molecule has 1 N–H and O–H groups in total. The lowest BCUT2D eigenvalue weighted by Crippen LogP contribution is -2.38. The number of hydrogen-bond acceptors (Lipinski definition) is 3. The van der Waals surface area contributed by atoms with Crippen LogP contribution in [0.5, 0.6) is 0 Å². The smallest absolute Gasteiger partial charge is 0.264 e. The maximum atomic E-state index is 13.2. The van der Waals surface area contributed by atoms with Crippen LogP contribution in [0.1, 0.15) is 5.56 Å². The molecule has 0 bridgehead atoms. The van der Waals surface area contributed by atoms with Crippen molar-refractivity contribution in [3.05, 3.63) is 88.9 Å². The van der Waals surface area contributed by atoms with Crippen molar-refractivity contribution < 1.29 is 13.2 Å². The average molecular weight is 459 g/mol. The molecule has 0 heterocycles. The highest BCUT2D eigenvalue weighted by atomic mass is 79.9. The van der Waals surface area contributed by atoms with Crippen LogP contribution in [0, 0.1) is 6.92 Å². The molecule has 0 saturated heterocycles. The Hall–Kier alpha value is -2.64. The zero-order valence-electron chi connectivity index (χ0n) is 15.2. The molecular weight excluding hydrogens is 440 g/mol. The second-order valence-electron chi connectivity index (χ2n) is 6.22. The summed E-state index contributed by atoms with van der Waals surface area (Å²) in [4.78, 5) is 12.7. The number of hydrogen-bond donors (Lipinski definition) is 1. The van der Waals surface area contributed by atoms with Gasteiger partial charge in [-0.1, -0.05) is 51.8 Å². The lowest BCUT2D eigenvalue weighted by Gasteiger charge is -2.24. The van der Waals surface area contributed by atoms with Crippen molar-refractivity contribution in [2.75, 3.05) is 16.2 Å². The van der Waals surface area contributed by atoms with Crippen molar-refractivity contribution in [1.29, 1.82) is 0 Å². The van der Waals surface area contributed by atoms with E-state index in [0.717, 1.165) is 14.3 Å². The Balaban J connectivity index is 1.91. The summed E-state index contributed by atoms with van der Waals surface area (Å²) in [6, 6.07) is 22.2. The summed E-state index contributed by atoms with van der Waals surface area (Å²) in [6.07, 6.45) is 0. The van der Waals surface area contributed by atoms with Crippen molar-refractivity contribution in [2.24, 2.45) is 0 Å². The minimum atomic E-state index is -3.90. The molecule has 0 aliphatic carbocycles. The minimum Gasteiger partial charge on any atom is -0.325 e. The number of carbonyl (C=O) groups excluding carboxylic acids is 1. The first-order valence-corrected chi connectivity index (χ1v) is 10.8. The van der Waals surface area contributed by atoms with Crippen molar-refractivity contribution in [3.8, 4) is 0 Å². The molecule has 0 radical (unpaired) electrons. The lowest BCUT2D eigenvalue weighted by atomic mass is 10.2. The van der Waals surface area contributed by atoms with Crippen LogP contribution in [-0.2, 0) is 14.8 Å². The van der Waals surface area contributed by atoms with Gasteiger partial charge in [0.15, 0.2) is 0 Å². The van der Waals surface area contributed by atoms with E-state index < -0.39 is 15.9 Å². The number of halogens is 1. The van der Waals surface area contributed by atoms with Crippen LogP contribution in [0.15, 0.2) is 88.2 Å². The Morgan fingerprint density at radius 2 is 1.54 bits per heavy atom. The second kappa shape index (κ2) is 8.58. The number of benzene rings is 3. The van der Waals surface area contributed by atoms with Gasteiger partial charge in [-0.15, -0.1) is 0 Å². The van der Waals surface area contributed by atoms with E-state index in [2.05, 4.69) is 21.2 Å². The monoisotopic (exact) mass is 458 g/mol. The number of aryl methyl sites for hydroxylation is 1. The molecule has 0 unspecified atom stereocenters. The molecule has 0 aliphatic rings. The van der Waals surface area contributed by atoms with Crippen molar-refractivity contribution in [3.63, 3.8) is 0 Å². The molecular formula is C21H19BrN2O3S. The first kappa shape index (κ1) is 20.1. The molecule has 0 fully saturated rings. The van der Waals surface area contributed by atoms with Gasteiger partial charge < -0.3 is 5.32 Å². The molecule has 0 aliphatic heterocycles. The van der Waals surface area contributed by atoms with Crippen LogP contribution < -0.4 is 9.62 Å². The number of sulfonamides is 1. The van der Waals surface area contributed by atoms with Gasteiger partial charge in [0.1, 0.15) is 6.54 Å². The summed E-state index contributed by atoms with van der Waals surface area (Å²) in [5.74, 6) is -0.428. The van der Waals surface area contributed by atoms with Crippen LogP contribution in [-0.4, -0.2) is 20.9 Å². The van der Waals surface area contributed by atoms with E-state index in [9.17, 15) is 13.2 Å². The highest BCUT2D eigenvalue weighted by Gasteiger charge is 2.27. The summed E-state index contributed by atoms with van der Waals surface area (Å²) in [5.41, 5.74) is 2.02. The van der Waals surface area contributed by atoms with Crippen molar-refractivity contribution >= 4 is 43.2 Å². The van der Waals surface area contributed by atoms with Crippen LogP contribution in [0.4, 0.5) is 11.4 Å². The van der Waals surface area contributed by atoms with Gasteiger partial charge in [-0.2, -0.15) is 0 Å². The Labute approximate surface area is 173 Å². The minimum absolute atomic E-state index is 0.131. The summed E-state index contributed by atoms with van der Waals surface area (Å²) in [5, 5.41) is 2.74.